The van der Waals surface area contributed by atoms with Gasteiger partial charge in [0, 0.05) is 27.1 Å². The van der Waals surface area contributed by atoms with E-state index >= 15 is 0 Å². The molecular formula is C45H28N4O. The number of para-hydroxylation sites is 2. The first-order valence-corrected chi connectivity index (χ1v) is 16.7. The van der Waals surface area contributed by atoms with E-state index in [-0.39, 0.29) is 0 Å². The van der Waals surface area contributed by atoms with Gasteiger partial charge in [0.05, 0.1) is 16.6 Å². The molecule has 0 aliphatic heterocycles. The number of aromatic nitrogens is 4. The first kappa shape index (κ1) is 28.2. The van der Waals surface area contributed by atoms with Crippen molar-refractivity contribution < 1.29 is 4.42 Å². The van der Waals surface area contributed by atoms with Crippen molar-refractivity contribution in [2.75, 3.05) is 0 Å². The second kappa shape index (κ2) is 11.4. The number of hydrogen-bond donors (Lipinski definition) is 0. The summed E-state index contributed by atoms with van der Waals surface area (Å²) in [6.07, 6.45) is 0. The van der Waals surface area contributed by atoms with Gasteiger partial charge < -0.3 is 4.42 Å². The van der Waals surface area contributed by atoms with E-state index in [1.54, 1.807) is 0 Å². The second-order valence-corrected chi connectivity index (χ2v) is 12.5. The van der Waals surface area contributed by atoms with Crippen molar-refractivity contribution in [1.82, 2.24) is 19.5 Å². The SMILES string of the molecule is c1ccc(-c2ccc3c(c2)oc2c(-c4nc(-c5ccccc5)nc(-n5c6ccccc6c6cc(-c7ccccc7)ccc65)n4)cccc23)cc1. The Bertz CT molecular complexity index is 2860. The van der Waals surface area contributed by atoms with Crippen molar-refractivity contribution in [3.05, 3.63) is 170 Å². The Morgan fingerprint density at radius 3 is 1.74 bits per heavy atom. The molecule has 0 radical (unpaired) electrons. The van der Waals surface area contributed by atoms with Gasteiger partial charge in [0.1, 0.15) is 11.2 Å². The van der Waals surface area contributed by atoms with Crippen LogP contribution in [0.2, 0.25) is 0 Å². The molecule has 50 heavy (non-hydrogen) atoms. The smallest absolute Gasteiger partial charge is 0.238 e. The lowest BCUT2D eigenvalue weighted by Crippen LogP contribution is -2.06. The predicted octanol–water partition coefficient (Wildman–Crippen LogP) is 11.5. The average Bonchev–Trinajstić information content (AvgIpc) is 3.74. The summed E-state index contributed by atoms with van der Waals surface area (Å²) < 4.78 is 8.82. The quantitative estimate of drug-likeness (QED) is 0.188. The Kier molecular flexibility index (Phi) is 6.42. The molecule has 3 aromatic heterocycles. The molecule has 0 spiro atoms. The van der Waals surface area contributed by atoms with Crippen molar-refractivity contribution in [3.63, 3.8) is 0 Å². The molecule has 0 atom stereocenters. The van der Waals surface area contributed by atoms with E-state index < -0.39 is 0 Å². The molecule has 10 aromatic rings. The van der Waals surface area contributed by atoms with Gasteiger partial charge in [0.2, 0.25) is 5.95 Å². The number of furan rings is 1. The second-order valence-electron chi connectivity index (χ2n) is 12.5. The topological polar surface area (TPSA) is 56.7 Å². The number of nitrogens with zero attached hydrogens (tertiary/aromatic N) is 4. The molecular weight excluding hydrogens is 613 g/mol. The maximum Gasteiger partial charge on any atom is 0.238 e. The van der Waals surface area contributed by atoms with Crippen molar-refractivity contribution in [2.24, 2.45) is 0 Å². The number of hydrogen-bond acceptors (Lipinski definition) is 4. The van der Waals surface area contributed by atoms with E-state index in [1.807, 2.05) is 48.5 Å². The summed E-state index contributed by atoms with van der Waals surface area (Å²) in [5.41, 5.74) is 9.94. The maximum atomic E-state index is 6.66. The third kappa shape index (κ3) is 4.60. The minimum absolute atomic E-state index is 0.548. The van der Waals surface area contributed by atoms with Crippen LogP contribution in [0.5, 0.6) is 0 Å². The minimum Gasteiger partial charge on any atom is -0.455 e. The van der Waals surface area contributed by atoms with Crippen LogP contribution in [0.15, 0.2) is 174 Å². The molecule has 0 amide bonds. The Morgan fingerprint density at radius 1 is 0.380 bits per heavy atom. The van der Waals surface area contributed by atoms with Crippen molar-refractivity contribution in [2.45, 2.75) is 0 Å². The van der Waals surface area contributed by atoms with E-state index in [0.29, 0.717) is 17.6 Å². The van der Waals surface area contributed by atoms with E-state index in [9.17, 15) is 0 Å². The van der Waals surface area contributed by atoms with Gasteiger partial charge in [-0.2, -0.15) is 9.97 Å². The van der Waals surface area contributed by atoms with Gasteiger partial charge in [0.25, 0.3) is 0 Å². The van der Waals surface area contributed by atoms with Gasteiger partial charge >= 0.3 is 0 Å². The Morgan fingerprint density at radius 2 is 0.980 bits per heavy atom. The van der Waals surface area contributed by atoms with Crippen molar-refractivity contribution in [3.8, 4) is 51.0 Å². The molecule has 5 heteroatoms. The van der Waals surface area contributed by atoms with E-state index in [1.165, 1.54) is 5.56 Å². The highest BCUT2D eigenvalue weighted by atomic mass is 16.3. The molecule has 0 bridgehead atoms. The number of fused-ring (bicyclic) bond motifs is 6. The van der Waals surface area contributed by atoms with Gasteiger partial charge in [-0.15, -0.1) is 0 Å². The molecule has 3 heterocycles. The fourth-order valence-corrected chi connectivity index (χ4v) is 7.08. The summed E-state index contributed by atoms with van der Waals surface area (Å²) in [4.78, 5) is 15.4. The van der Waals surface area contributed by atoms with Crippen LogP contribution in [0.25, 0.3) is 94.7 Å². The van der Waals surface area contributed by atoms with Crippen LogP contribution in [0.1, 0.15) is 0 Å². The van der Waals surface area contributed by atoms with Crippen LogP contribution in [-0.2, 0) is 0 Å². The number of benzene rings is 7. The molecule has 0 N–H and O–H groups in total. The molecule has 7 aromatic carbocycles. The first-order chi connectivity index (χ1) is 24.8. The summed E-state index contributed by atoms with van der Waals surface area (Å²) in [7, 11) is 0. The highest BCUT2D eigenvalue weighted by molar-refractivity contribution is 6.11. The fraction of sp³-hybridized carbons (Fsp3) is 0. The normalized spacial score (nSPS) is 11.6. The van der Waals surface area contributed by atoms with Crippen molar-refractivity contribution >= 4 is 43.7 Å². The van der Waals surface area contributed by atoms with Crippen LogP contribution in [0.3, 0.4) is 0 Å². The van der Waals surface area contributed by atoms with Gasteiger partial charge in [-0.1, -0.05) is 133 Å². The van der Waals surface area contributed by atoms with Gasteiger partial charge in [-0.3, -0.25) is 4.57 Å². The summed E-state index contributed by atoms with van der Waals surface area (Å²) in [5.74, 6) is 1.69. The lowest BCUT2D eigenvalue weighted by Gasteiger charge is -2.11. The van der Waals surface area contributed by atoms with E-state index in [4.69, 9.17) is 19.4 Å². The predicted molar refractivity (Wildman–Crippen MR) is 203 cm³/mol. The number of rotatable bonds is 5. The monoisotopic (exact) mass is 640 g/mol. The van der Waals surface area contributed by atoms with Crippen molar-refractivity contribution in [1.29, 1.82) is 0 Å². The minimum atomic E-state index is 0.548. The highest BCUT2D eigenvalue weighted by Crippen LogP contribution is 2.38. The van der Waals surface area contributed by atoms with Crippen LogP contribution < -0.4 is 0 Å². The first-order valence-electron chi connectivity index (χ1n) is 16.7. The lowest BCUT2D eigenvalue weighted by atomic mass is 10.0. The third-order valence-electron chi connectivity index (χ3n) is 9.48. The third-order valence-corrected chi connectivity index (χ3v) is 9.48. The zero-order chi connectivity index (χ0) is 33.0. The Labute approximate surface area is 287 Å². The fourth-order valence-electron chi connectivity index (χ4n) is 7.08. The van der Waals surface area contributed by atoms with Crippen LogP contribution in [0, 0.1) is 0 Å². The average molecular weight is 641 g/mol. The summed E-state index contributed by atoms with van der Waals surface area (Å²) in [6, 6.07) is 58.6. The van der Waals surface area contributed by atoms with E-state index in [0.717, 1.165) is 71.6 Å². The molecule has 0 saturated carbocycles. The molecule has 0 fully saturated rings. The zero-order valence-electron chi connectivity index (χ0n) is 26.9. The lowest BCUT2D eigenvalue weighted by molar-refractivity contribution is 0.669. The van der Waals surface area contributed by atoms with Gasteiger partial charge in [-0.05, 0) is 58.7 Å². The van der Waals surface area contributed by atoms with Crippen LogP contribution >= 0.6 is 0 Å². The van der Waals surface area contributed by atoms with Gasteiger partial charge in [-0.25, -0.2) is 4.98 Å². The van der Waals surface area contributed by atoms with Gasteiger partial charge in [0.15, 0.2) is 11.6 Å². The molecule has 0 unspecified atom stereocenters. The molecule has 0 aliphatic rings. The molecule has 5 nitrogen and oxygen atoms in total. The highest BCUT2D eigenvalue weighted by Gasteiger charge is 2.21. The molecule has 10 rings (SSSR count). The largest absolute Gasteiger partial charge is 0.455 e. The zero-order valence-corrected chi connectivity index (χ0v) is 26.9. The summed E-state index contributed by atoms with van der Waals surface area (Å²) >= 11 is 0. The van der Waals surface area contributed by atoms with Crippen LogP contribution in [0.4, 0.5) is 0 Å². The summed E-state index contributed by atoms with van der Waals surface area (Å²) in [5, 5.41) is 4.34. The summed E-state index contributed by atoms with van der Waals surface area (Å²) in [6.45, 7) is 0. The van der Waals surface area contributed by atoms with Crippen LogP contribution in [-0.4, -0.2) is 19.5 Å². The standard InChI is InChI=1S/C45H28N4O/c1-4-13-29(14-5-1)32-24-26-40-38(27-32)34-19-10-11-22-39(34)49(40)45-47-43(31-17-8-3-9-18-31)46-44(48-45)37-21-12-20-36-35-25-23-33(28-41(35)50-42(36)37)30-15-6-2-7-16-30/h1-28H. The Hall–Kier alpha value is -6.85. The van der Waals surface area contributed by atoms with E-state index in [2.05, 4.69) is 126 Å². The maximum absolute atomic E-state index is 6.66. The molecule has 234 valence electrons. The Balaban J connectivity index is 1.21. The molecule has 0 saturated heterocycles. The molecule has 0 aliphatic carbocycles.